The number of piperazine rings is 1. The minimum atomic E-state index is -1.25. The number of rotatable bonds is 5. The summed E-state index contributed by atoms with van der Waals surface area (Å²) in [6, 6.07) is 4.76. The van der Waals surface area contributed by atoms with Crippen molar-refractivity contribution < 1.29 is 23.8 Å². The molecule has 2 saturated heterocycles. The van der Waals surface area contributed by atoms with Gasteiger partial charge >= 0.3 is 5.97 Å². The number of hydrogen-bond donors (Lipinski definition) is 1. The molecule has 0 amide bonds. The Hall–Kier alpha value is -1.99. The lowest BCUT2D eigenvalue weighted by atomic mass is 9.83. The molecule has 1 N–H and O–H groups in total. The highest BCUT2D eigenvalue weighted by molar-refractivity contribution is 5.89. The fraction of sp³-hybridized carbons (Fsp3) is 0.636. The van der Waals surface area contributed by atoms with Crippen LogP contribution in [0, 0.1) is 11.7 Å². The van der Waals surface area contributed by atoms with Crippen LogP contribution in [-0.2, 0) is 9.53 Å². The molecule has 0 spiro atoms. The van der Waals surface area contributed by atoms with E-state index in [4.69, 9.17) is 4.74 Å². The highest BCUT2D eigenvalue weighted by atomic mass is 19.1. The smallest absolute Gasteiger partial charge is 0.338 e. The Kier molecular flexibility index (Phi) is 5.38. The maximum absolute atomic E-state index is 13.7. The van der Waals surface area contributed by atoms with Gasteiger partial charge in [0.05, 0.1) is 12.2 Å². The predicted octanol–water partition coefficient (Wildman–Crippen LogP) is 2.95. The molecule has 2 aliphatic heterocycles. The Morgan fingerprint density at radius 3 is 2.55 bits per heavy atom. The minimum absolute atomic E-state index is 0.166. The summed E-state index contributed by atoms with van der Waals surface area (Å²) in [5, 5.41) is 9.19. The average Bonchev–Trinajstić information content (AvgIpc) is 3.54. The standard InChI is InChI=1S/C22H29FN2O4/c1-14-12-24(18-7-8-22(15(2)26,29-13-18)16-3-4-16)9-10-25(14)17-5-6-20(23)19(11-17)21(27)28/h5-6,11,14,16,18H,3-4,7-10,12-13H2,1-2H3,(H,27,28)/t14?,18-,22-/m1/s1. The predicted molar refractivity (Wildman–Crippen MR) is 107 cm³/mol. The molecule has 0 aromatic heterocycles. The molecular formula is C22H29FN2O4. The molecule has 3 atom stereocenters. The molecule has 0 bridgehead atoms. The number of hydrogen-bond acceptors (Lipinski definition) is 5. The second kappa shape index (κ2) is 7.69. The van der Waals surface area contributed by atoms with E-state index >= 15 is 0 Å². The van der Waals surface area contributed by atoms with Crippen molar-refractivity contribution in [3.05, 3.63) is 29.6 Å². The first-order valence-corrected chi connectivity index (χ1v) is 10.5. The van der Waals surface area contributed by atoms with Gasteiger partial charge < -0.3 is 14.7 Å². The van der Waals surface area contributed by atoms with Gasteiger partial charge in [0.15, 0.2) is 5.78 Å². The van der Waals surface area contributed by atoms with Crippen molar-refractivity contribution in [2.75, 3.05) is 31.1 Å². The van der Waals surface area contributed by atoms with Gasteiger partial charge in [-0.25, -0.2) is 9.18 Å². The van der Waals surface area contributed by atoms with E-state index in [0.717, 1.165) is 51.0 Å². The zero-order chi connectivity index (χ0) is 20.8. The Labute approximate surface area is 170 Å². The molecule has 3 aliphatic rings. The van der Waals surface area contributed by atoms with Crippen LogP contribution in [0.4, 0.5) is 10.1 Å². The van der Waals surface area contributed by atoms with Gasteiger partial charge in [-0.05, 0) is 63.6 Å². The number of Topliss-reactive ketones (excluding diaryl/α,β-unsaturated/α-hetero) is 1. The average molecular weight is 404 g/mol. The number of carboxylic acids is 1. The van der Waals surface area contributed by atoms with Crippen LogP contribution in [0.5, 0.6) is 0 Å². The second-order valence-corrected chi connectivity index (χ2v) is 8.73. The number of aromatic carboxylic acids is 1. The zero-order valence-electron chi connectivity index (χ0n) is 17.1. The molecular weight excluding hydrogens is 375 g/mol. The van der Waals surface area contributed by atoms with Gasteiger partial charge in [0.1, 0.15) is 11.4 Å². The molecule has 3 fully saturated rings. The van der Waals surface area contributed by atoms with Crippen LogP contribution in [0.25, 0.3) is 0 Å². The van der Waals surface area contributed by atoms with E-state index in [9.17, 15) is 19.1 Å². The molecule has 1 aliphatic carbocycles. The van der Waals surface area contributed by atoms with E-state index in [1.807, 2.05) is 0 Å². The topological polar surface area (TPSA) is 70.1 Å². The van der Waals surface area contributed by atoms with Gasteiger partial charge in [0.25, 0.3) is 0 Å². The summed E-state index contributed by atoms with van der Waals surface area (Å²) >= 11 is 0. The van der Waals surface area contributed by atoms with Crippen molar-refractivity contribution >= 4 is 17.4 Å². The molecule has 29 heavy (non-hydrogen) atoms. The maximum atomic E-state index is 13.7. The molecule has 2 heterocycles. The Morgan fingerprint density at radius 1 is 1.24 bits per heavy atom. The molecule has 7 heteroatoms. The summed E-state index contributed by atoms with van der Waals surface area (Å²) in [5.41, 5.74) is -0.107. The molecule has 1 saturated carbocycles. The van der Waals surface area contributed by atoms with Crippen LogP contribution in [0.1, 0.15) is 49.9 Å². The van der Waals surface area contributed by atoms with E-state index < -0.39 is 17.4 Å². The van der Waals surface area contributed by atoms with E-state index in [-0.39, 0.29) is 17.4 Å². The van der Waals surface area contributed by atoms with Gasteiger partial charge in [-0.2, -0.15) is 0 Å². The Balaban J connectivity index is 1.39. The molecule has 1 aromatic carbocycles. The molecule has 1 aromatic rings. The van der Waals surface area contributed by atoms with Crippen LogP contribution in [0.15, 0.2) is 18.2 Å². The SMILES string of the molecule is CC(=O)[C@@]1(C2CC2)CC[C@@H](N2CCN(c3ccc(F)c(C(=O)O)c3)C(C)C2)CO1. The number of anilines is 1. The van der Waals surface area contributed by atoms with Crippen LogP contribution >= 0.6 is 0 Å². The first-order valence-electron chi connectivity index (χ1n) is 10.5. The number of carbonyl (C=O) groups excluding carboxylic acids is 1. The van der Waals surface area contributed by atoms with Crippen molar-refractivity contribution in [3.8, 4) is 0 Å². The highest BCUT2D eigenvalue weighted by Gasteiger charge is 2.52. The molecule has 1 unspecified atom stereocenters. The van der Waals surface area contributed by atoms with E-state index in [2.05, 4.69) is 16.7 Å². The summed E-state index contributed by atoms with van der Waals surface area (Å²) in [7, 11) is 0. The quantitative estimate of drug-likeness (QED) is 0.814. The van der Waals surface area contributed by atoms with Crippen LogP contribution in [-0.4, -0.2) is 65.7 Å². The van der Waals surface area contributed by atoms with Crippen molar-refractivity contribution in [2.24, 2.45) is 5.92 Å². The highest BCUT2D eigenvalue weighted by Crippen LogP contribution is 2.47. The van der Waals surface area contributed by atoms with Crippen LogP contribution in [0.2, 0.25) is 0 Å². The van der Waals surface area contributed by atoms with Gasteiger partial charge in [-0.3, -0.25) is 9.69 Å². The third-order valence-electron chi connectivity index (χ3n) is 6.90. The van der Waals surface area contributed by atoms with E-state index in [1.54, 1.807) is 13.0 Å². The Bertz CT molecular complexity index is 802. The summed E-state index contributed by atoms with van der Waals surface area (Å²) in [4.78, 5) is 28.0. The van der Waals surface area contributed by atoms with Crippen molar-refractivity contribution in [1.29, 1.82) is 0 Å². The van der Waals surface area contributed by atoms with Gasteiger partial charge in [-0.1, -0.05) is 0 Å². The van der Waals surface area contributed by atoms with Crippen LogP contribution in [0.3, 0.4) is 0 Å². The van der Waals surface area contributed by atoms with E-state index in [1.165, 1.54) is 12.1 Å². The lowest BCUT2D eigenvalue weighted by molar-refractivity contribution is -0.160. The number of nitrogens with zero attached hydrogens (tertiary/aromatic N) is 2. The third kappa shape index (κ3) is 3.78. The fourth-order valence-corrected chi connectivity index (χ4v) is 5.06. The van der Waals surface area contributed by atoms with Gasteiger partial charge in [-0.15, -0.1) is 0 Å². The number of carbonyl (C=O) groups is 2. The normalized spacial score (nSPS) is 30.9. The molecule has 4 rings (SSSR count). The lowest BCUT2D eigenvalue weighted by Gasteiger charge is -2.47. The number of halogens is 1. The second-order valence-electron chi connectivity index (χ2n) is 8.73. The summed E-state index contributed by atoms with van der Waals surface area (Å²) in [6.45, 7) is 6.74. The fourth-order valence-electron chi connectivity index (χ4n) is 5.06. The molecule has 158 valence electrons. The summed E-state index contributed by atoms with van der Waals surface area (Å²) in [5.74, 6) is -1.39. The molecule has 6 nitrogen and oxygen atoms in total. The largest absolute Gasteiger partial charge is 0.478 e. The Morgan fingerprint density at radius 2 is 2.00 bits per heavy atom. The van der Waals surface area contributed by atoms with Gasteiger partial charge in [0.2, 0.25) is 0 Å². The van der Waals surface area contributed by atoms with Gasteiger partial charge in [0, 0.05) is 37.4 Å². The van der Waals surface area contributed by atoms with Crippen molar-refractivity contribution in [3.63, 3.8) is 0 Å². The first kappa shape index (κ1) is 20.3. The number of benzene rings is 1. The van der Waals surface area contributed by atoms with E-state index in [0.29, 0.717) is 18.6 Å². The number of ether oxygens (including phenoxy) is 1. The monoisotopic (exact) mass is 404 g/mol. The third-order valence-corrected chi connectivity index (χ3v) is 6.90. The number of carboxylic acid groups (broad SMARTS) is 1. The van der Waals surface area contributed by atoms with Crippen molar-refractivity contribution in [2.45, 2.75) is 57.2 Å². The molecule has 0 radical (unpaired) electrons. The summed E-state index contributed by atoms with van der Waals surface area (Å²) < 4.78 is 19.9. The lowest BCUT2D eigenvalue weighted by Crippen LogP contribution is -2.59. The zero-order valence-corrected chi connectivity index (χ0v) is 17.1. The summed E-state index contributed by atoms with van der Waals surface area (Å²) in [6.07, 6.45) is 3.95. The van der Waals surface area contributed by atoms with Crippen LogP contribution < -0.4 is 4.90 Å². The van der Waals surface area contributed by atoms with Crippen molar-refractivity contribution in [1.82, 2.24) is 4.90 Å². The number of ketones is 1. The first-order chi connectivity index (χ1) is 13.8. The minimum Gasteiger partial charge on any atom is -0.478 e. The maximum Gasteiger partial charge on any atom is 0.338 e.